The zero-order valence-corrected chi connectivity index (χ0v) is 15.7. The third kappa shape index (κ3) is 3.83. The summed E-state index contributed by atoms with van der Waals surface area (Å²) in [6.45, 7) is 2.08. The first-order chi connectivity index (χ1) is 10.8. The molecule has 4 rings (SSSR count). The van der Waals surface area contributed by atoms with Gasteiger partial charge in [-0.2, -0.15) is 0 Å². The molecule has 2 aromatic carbocycles. The van der Waals surface area contributed by atoms with E-state index in [2.05, 4.69) is 41.3 Å². The van der Waals surface area contributed by atoms with Gasteiger partial charge in [-0.05, 0) is 49.2 Å². The van der Waals surface area contributed by atoms with Crippen LogP contribution in [-0.2, 0) is 6.54 Å². The quantitative estimate of drug-likeness (QED) is 0.644. The number of nitrogens with zero attached hydrogens (tertiary/aromatic N) is 2. The lowest BCUT2D eigenvalue weighted by Gasteiger charge is -2.22. The van der Waals surface area contributed by atoms with E-state index in [-0.39, 0.29) is 24.8 Å². The molecule has 1 aliphatic heterocycles. The second-order valence-corrected chi connectivity index (χ2v) is 6.96. The normalized spacial score (nSPS) is 17.4. The number of nitrogen functional groups attached to an aromatic ring is 1. The van der Waals surface area contributed by atoms with E-state index in [4.69, 9.17) is 10.7 Å². The minimum Gasteiger partial charge on any atom is -0.399 e. The zero-order valence-electron chi connectivity index (χ0n) is 13.2. The number of thiazole rings is 1. The van der Waals surface area contributed by atoms with Crippen LogP contribution in [-0.4, -0.2) is 16.4 Å². The molecule has 1 aromatic heterocycles. The monoisotopic (exact) mass is 381 g/mol. The van der Waals surface area contributed by atoms with Crippen LogP contribution in [0, 0.1) is 0 Å². The van der Waals surface area contributed by atoms with Gasteiger partial charge in [0.2, 0.25) is 0 Å². The Labute approximate surface area is 158 Å². The number of para-hydroxylation sites is 1. The van der Waals surface area contributed by atoms with Crippen molar-refractivity contribution in [1.29, 1.82) is 0 Å². The predicted octanol–water partition coefficient (Wildman–Crippen LogP) is 5.06. The summed E-state index contributed by atoms with van der Waals surface area (Å²) >= 11 is 1.83. The minimum absolute atomic E-state index is 0. The predicted molar refractivity (Wildman–Crippen MR) is 107 cm³/mol. The molecule has 0 bridgehead atoms. The molecule has 0 radical (unpaired) electrons. The third-order valence-electron chi connectivity index (χ3n) is 4.30. The first-order valence-corrected chi connectivity index (χ1v) is 8.55. The van der Waals surface area contributed by atoms with Crippen LogP contribution < -0.4 is 5.73 Å². The number of nitrogens with two attached hydrogens (primary N) is 1. The van der Waals surface area contributed by atoms with E-state index in [1.54, 1.807) is 0 Å². The standard InChI is InChI=1S/C18H19N3S.2ClH/c19-14-6-3-5-13(11-14)12-21-10-4-8-16(21)18-20-15-7-1-2-9-17(15)22-18;;/h1-3,5-7,9,11,16H,4,8,10,12,19H2;2*1H. The summed E-state index contributed by atoms with van der Waals surface area (Å²) in [6.07, 6.45) is 2.44. The van der Waals surface area contributed by atoms with Gasteiger partial charge < -0.3 is 5.73 Å². The number of hydrogen-bond acceptors (Lipinski definition) is 4. The van der Waals surface area contributed by atoms with Crippen molar-refractivity contribution in [2.75, 3.05) is 12.3 Å². The zero-order chi connectivity index (χ0) is 14.9. The molecule has 0 saturated carbocycles. The van der Waals surface area contributed by atoms with Crippen molar-refractivity contribution in [3.8, 4) is 0 Å². The summed E-state index contributed by atoms with van der Waals surface area (Å²) < 4.78 is 1.29. The summed E-state index contributed by atoms with van der Waals surface area (Å²) in [6, 6.07) is 17.1. The van der Waals surface area contributed by atoms with Crippen LogP contribution in [0.4, 0.5) is 5.69 Å². The maximum atomic E-state index is 5.90. The molecule has 24 heavy (non-hydrogen) atoms. The lowest BCUT2D eigenvalue weighted by Crippen LogP contribution is -2.22. The Morgan fingerprint density at radius 2 is 1.96 bits per heavy atom. The number of benzene rings is 2. The van der Waals surface area contributed by atoms with Gasteiger partial charge in [-0.15, -0.1) is 36.2 Å². The van der Waals surface area contributed by atoms with Gasteiger partial charge in [-0.1, -0.05) is 24.3 Å². The van der Waals surface area contributed by atoms with Crippen LogP contribution in [0.3, 0.4) is 0 Å². The lowest BCUT2D eigenvalue weighted by molar-refractivity contribution is 0.248. The molecular formula is C18H21Cl2N3S. The van der Waals surface area contributed by atoms with Gasteiger partial charge in [0, 0.05) is 12.2 Å². The summed E-state index contributed by atoms with van der Waals surface area (Å²) in [5.41, 5.74) is 9.15. The van der Waals surface area contributed by atoms with Crippen LogP contribution in [0.1, 0.15) is 29.5 Å². The first kappa shape index (κ1) is 19.0. The Bertz CT molecular complexity index is 773. The molecule has 3 aromatic rings. The van der Waals surface area contributed by atoms with Crippen molar-refractivity contribution < 1.29 is 0 Å². The van der Waals surface area contributed by atoms with E-state index < -0.39 is 0 Å². The number of hydrogen-bond donors (Lipinski definition) is 1. The van der Waals surface area contributed by atoms with Crippen molar-refractivity contribution >= 4 is 52.1 Å². The van der Waals surface area contributed by atoms with Crippen LogP contribution in [0.25, 0.3) is 10.2 Å². The molecule has 0 aliphatic carbocycles. The summed E-state index contributed by atoms with van der Waals surface area (Å²) in [5.74, 6) is 0. The van der Waals surface area contributed by atoms with Crippen molar-refractivity contribution in [3.63, 3.8) is 0 Å². The molecule has 3 nitrogen and oxygen atoms in total. The lowest BCUT2D eigenvalue weighted by atomic mass is 10.1. The highest BCUT2D eigenvalue weighted by Gasteiger charge is 2.28. The fourth-order valence-corrected chi connectivity index (χ4v) is 4.39. The van der Waals surface area contributed by atoms with E-state index in [9.17, 15) is 0 Å². The average Bonchev–Trinajstić information content (AvgIpc) is 3.13. The molecular weight excluding hydrogens is 361 g/mol. The maximum absolute atomic E-state index is 5.90. The second kappa shape index (κ2) is 8.17. The molecule has 0 amide bonds. The fraction of sp³-hybridized carbons (Fsp3) is 0.278. The molecule has 2 N–H and O–H groups in total. The van der Waals surface area contributed by atoms with Gasteiger partial charge in [0.1, 0.15) is 5.01 Å². The van der Waals surface area contributed by atoms with Gasteiger partial charge in [-0.3, -0.25) is 4.90 Å². The molecule has 1 unspecified atom stereocenters. The number of anilines is 1. The highest BCUT2D eigenvalue weighted by atomic mass is 35.5. The first-order valence-electron chi connectivity index (χ1n) is 7.73. The van der Waals surface area contributed by atoms with E-state index in [0.717, 1.165) is 24.3 Å². The van der Waals surface area contributed by atoms with Gasteiger partial charge in [0.15, 0.2) is 0 Å². The number of fused-ring (bicyclic) bond motifs is 1. The minimum atomic E-state index is 0. The highest BCUT2D eigenvalue weighted by molar-refractivity contribution is 7.18. The van der Waals surface area contributed by atoms with Crippen LogP contribution in [0.2, 0.25) is 0 Å². The number of aromatic nitrogens is 1. The molecule has 1 fully saturated rings. The Hall–Kier alpha value is -1.33. The number of halogens is 2. The summed E-state index contributed by atoms with van der Waals surface area (Å²) in [5, 5.41) is 1.25. The van der Waals surface area contributed by atoms with E-state index >= 15 is 0 Å². The molecule has 1 atom stereocenters. The summed E-state index contributed by atoms with van der Waals surface area (Å²) in [4.78, 5) is 7.39. The second-order valence-electron chi connectivity index (χ2n) is 5.89. The fourth-order valence-electron chi connectivity index (χ4n) is 3.25. The number of rotatable bonds is 3. The van der Waals surface area contributed by atoms with Gasteiger partial charge in [0.25, 0.3) is 0 Å². The SMILES string of the molecule is Cl.Cl.Nc1cccc(CN2CCCC2c2nc3ccccc3s2)c1. The van der Waals surface area contributed by atoms with Crippen molar-refractivity contribution in [3.05, 3.63) is 59.1 Å². The summed E-state index contributed by atoms with van der Waals surface area (Å²) in [7, 11) is 0. The van der Waals surface area contributed by atoms with Gasteiger partial charge >= 0.3 is 0 Å². The van der Waals surface area contributed by atoms with E-state index in [1.807, 2.05) is 23.5 Å². The molecule has 128 valence electrons. The molecule has 2 heterocycles. The Balaban J connectivity index is 0.00000104. The highest BCUT2D eigenvalue weighted by Crippen LogP contribution is 2.37. The van der Waals surface area contributed by atoms with Crippen LogP contribution in [0.15, 0.2) is 48.5 Å². The van der Waals surface area contributed by atoms with Crippen molar-refractivity contribution in [2.45, 2.75) is 25.4 Å². The van der Waals surface area contributed by atoms with Crippen molar-refractivity contribution in [1.82, 2.24) is 9.88 Å². The third-order valence-corrected chi connectivity index (χ3v) is 5.43. The maximum Gasteiger partial charge on any atom is 0.111 e. The van der Waals surface area contributed by atoms with E-state index in [1.165, 1.54) is 28.1 Å². The smallest absolute Gasteiger partial charge is 0.111 e. The number of likely N-dealkylation sites (tertiary alicyclic amines) is 1. The van der Waals surface area contributed by atoms with Gasteiger partial charge in [0.05, 0.1) is 16.3 Å². The van der Waals surface area contributed by atoms with Crippen LogP contribution in [0.5, 0.6) is 0 Å². The Morgan fingerprint density at radius 1 is 1.12 bits per heavy atom. The average molecular weight is 382 g/mol. The van der Waals surface area contributed by atoms with E-state index in [0.29, 0.717) is 6.04 Å². The topological polar surface area (TPSA) is 42.1 Å². The molecule has 6 heteroatoms. The van der Waals surface area contributed by atoms with Gasteiger partial charge in [-0.25, -0.2) is 4.98 Å². The van der Waals surface area contributed by atoms with Crippen molar-refractivity contribution in [2.24, 2.45) is 0 Å². The molecule has 1 saturated heterocycles. The molecule has 0 spiro atoms. The Kier molecular flexibility index (Phi) is 6.47. The largest absolute Gasteiger partial charge is 0.399 e. The Morgan fingerprint density at radius 3 is 2.75 bits per heavy atom. The molecule has 1 aliphatic rings. The van der Waals surface area contributed by atoms with Crippen LogP contribution >= 0.6 is 36.2 Å².